The van der Waals surface area contributed by atoms with Gasteiger partial charge in [-0.1, -0.05) is 32.9 Å². The third kappa shape index (κ3) is 2.16. The van der Waals surface area contributed by atoms with E-state index in [0.29, 0.717) is 11.5 Å². The van der Waals surface area contributed by atoms with Crippen LogP contribution in [0.5, 0.6) is 11.5 Å². The van der Waals surface area contributed by atoms with Crippen molar-refractivity contribution in [1.29, 1.82) is 0 Å². The molecule has 1 unspecified atom stereocenters. The van der Waals surface area contributed by atoms with Gasteiger partial charge in [0, 0.05) is 5.41 Å². The molecule has 0 bridgehead atoms. The molecule has 2 aromatic carbocycles. The molecule has 1 aliphatic carbocycles. The van der Waals surface area contributed by atoms with E-state index in [1.165, 1.54) is 22.3 Å². The van der Waals surface area contributed by atoms with Crippen molar-refractivity contribution >= 4 is 0 Å². The third-order valence-corrected chi connectivity index (χ3v) is 6.08. The molecule has 2 heteroatoms. The quantitative estimate of drug-likeness (QED) is 0.745. The normalized spacial score (nSPS) is 21.8. The van der Waals surface area contributed by atoms with E-state index < -0.39 is 0 Å². The fourth-order valence-electron chi connectivity index (χ4n) is 4.73. The first-order valence-electron chi connectivity index (χ1n) is 8.64. The second-order valence-electron chi connectivity index (χ2n) is 8.42. The highest BCUT2D eigenvalue weighted by Crippen LogP contribution is 2.55. The number of aryl methyl sites for hydroxylation is 2. The molecule has 2 aromatic rings. The average Bonchev–Trinajstić information content (AvgIpc) is 2.69. The maximum Gasteiger partial charge on any atom is 0.121 e. The summed E-state index contributed by atoms with van der Waals surface area (Å²) in [6, 6.07) is 6.20. The highest BCUT2D eigenvalue weighted by atomic mass is 16.3. The molecule has 0 spiro atoms. The van der Waals surface area contributed by atoms with Crippen molar-refractivity contribution in [2.75, 3.05) is 0 Å². The van der Waals surface area contributed by atoms with Crippen LogP contribution in [0.3, 0.4) is 0 Å². The molecule has 2 N–H and O–H groups in total. The Morgan fingerprint density at radius 2 is 1.38 bits per heavy atom. The van der Waals surface area contributed by atoms with Crippen molar-refractivity contribution < 1.29 is 10.2 Å². The van der Waals surface area contributed by atoms with Gasteiger partial charge in [0.05, 0.1) is 0 Å². The standard InChI is InChI=1S/C22H28O2/c1-12-8-16(9-13(2)20(12)24)22(7)11-21(5,6)17-10-18(23)14(3)15(4)19(17)22/h8-10,23-24H,11H2,1-7H3. The first kappa shape index (κ1) is 16.9. The number of hydrogen-bond donors (Lipinski definition) is 2. The summed E-state index contributed by atoms with van der Waals surface area (Å²) in [5.41, 5.74) is 7.70. The molecule has 1 aliphatic rings. The molecular weight excluding hydrogens is 296 g/mol. The smallest absolute Gasteiger partial charge is 0.121 e. The Hall–Kier alpha value is -1.96. The summed E-state index contributed by atoms with van der Waals surface area (Å²) in [6.07, 6.45) is 0.989. The van der Waals surface area contributed by atoms with Gasteiger partial charge in [0.15, 0.2) is 0 Å². The Balaban J connectivity index is 2.35. The number of phenols is 2. The summed E-state index contributed by atoms with van der Waals surface area (Å²) < 4.78 is 0. The van der Waals surface area contributed by atoms with E-state index in [9.17, 15) is 10.2 Å². The lowest BCUT2D eigenvalue weighted by molar-refractivity contribution is 0.421. The summed E-state index contributed by atoms with van der Waals surface area (Å²) in [6.45, 7) is 14.8. The first-order valence-corrected chi connectivity index (χ1v) is 8.64. The number of benzene rings is 2. The lowest BCUT2D eigenvalue weighted by Crippen LogP contribution is -2.24. The molecule has 0 aliphatic heterocycles. The van der Waals surface area contributed by atoms with Crippen molar-refractivity contribution in [1.82, 2.24) is 0 Å². The minimum absolute atomic E-state index is 0.000279. The predicted octanol–water partition coefficient (Wildman–Crippen LogP) is 5.32. The molecule has 0 amide bonds. The Bertz CT molecular complexity index is 823. The Kier molecular flexibility index (Phi) is 3.53. The number of phenolic OH excluding ortho intramolecular Hbond substituents is 2. The van der Waals surface area contributed by atoms with Crippen LogP contribution >= 0.6 is 0 Å². The van der Waals surface area contributed by atoms with Gasteiger partial charge in [0.1, 0.15) is 11.5 Å². The fraction of sp³-hybridized carbons (Fsp3) is 0.455. The van der Waals surface area contributed by atoms with Crippen LogP contribution in [0.4, 0.5) is 0 Å². The Labute approximate surface area is 145 Å². The Morgan fingerprint density at radius 3 is 1.92 bits per heavy atom. The largest absolute Gasteiger partial charge is 0.508 e. The van der Waals surface area contributed by atoms with Crippen LogP contribution in [0, 0.1) is 27.7 Å². The molecule has 0 saturated heterocycles. The second-order valence-corrected chi connectivity index (χ2v) is 8.42. The fourth-order valence-corrected chi connectivity index (χ4v) is 4.73. The van der Waals surface area contributed by atoms with Crippen LogP contribution in [0.25, 0.3) is 0 Å². The van der Waals surface area contributed by atoms with Crippen LogP contribution < -0.4 is 0 Å². The van der Waals surface area contributed by atoms with Crippen molar-refractivity contribution in [3.8, 4) is 11.5 Å². The zero-order valence-corrected chi connectivity index (χ0v) is 15.8. The topological polar surface area (TPSA) is 40.5 Å². The zero-order chi connectivity index (χ0) is 18.0. The average molecular weight is 324 g/mol. The summed E-state index contributed by atoms with van der Waals surface area (Å²) >= 11 is 0. The zero-order valence-electron chi connectivity index (χ0n) is 15.8. The van der Waals surface area contributed by atoms with E-state index >= 15 is 0 Å². The SMILES string of the molecule is Cc1cc(C2(C)CC(C)(C)c3cc(O)c(C)c(C)c32)cc(C)c1O. The monoisotopic (exact) mass is 324 g/mol. The van der Waals surface area contributed by atoms with E-state index in [1.54, 1.807) is 0 Å². The van der Waals surface area contributed by atoms with Crippen LogP contribution in [0.1, 0.15) is 66.1 Å². The first-order chi connectivity index (χ1) is 11.0. The minimum atomic E-state index is -0.120. The molecule has 0 heterocycles. The number of hydrogen-bond acceptors (Lipinski definition) is 2. The van der Waals surface area contributed by atoms with E-state index in [-0.39, 0.29) is 10.8 Å². The summed E-state index contributed by atoms with van der Waals surface area (Å²) in [4.78, 5) is 0. The van der Waals surface area contributed by atoms with Crippen molar-refractivity contribution in [2.24, 2.45) is 0 Å². The molecule has 0 saturated carbocycles. The molecular formula is C22H28O2. The van der Waals surface area contributed by atoms with Crippen LogP contribution in [-0.4, -0.2) is 10.2 Å². The van der Waals surface area contributed by atoms with E-state index in [4.69, 9.17) is 0 Å². The van der Waals surface area contributed by atoms with E-state index in [0.717, 1.165) is 23.1 Å². The van der Waals surface area contributed by atoms with Crippen LogP contribution in [0.15, 0.2) is 18.2 Å². The van der Waals surface area contributed by atoms with Gasteiger partial charge in [0.25, 0.3) is 0 Å². The number of rotatable bonds is 1. The third-order valence-electron chi connectivity index (χ3n) is 6.08. The summed E-state index contributed by atoms with van der Waals surface area (Å²) in [5, 5.41) is 20.5. The van der Waals surface area contributed by atoms with Gasteiger partial charge in [-0.2, -0.15) is 0 Å². The summed E-state index contributed by atoms with van der Waals surface area (Å²) in [5.74, 6) is 0.778. The molecule has 24 heavy (non-hydrogen) atoms. The van der Waals surface area contributed by atoms with E-state index in [2.05, 4.69) is 39.8 Å². The van der Waals surface area contributed by atoms with Crippen LogP contribution in [0.2, 0.25) is 0 Å². The highest BCUT2D eigenvalue weighted by molar-refractivity contribution is 5.61. The van der Waals surface area contributed by atoms with Gasteiger partial charge in [0.2, 0.25) is 0 Å². The van der Waals surface area contributed by atoms with Crippen LogP contribution in [-0.2, 0) is 10.8 Å². The maximum absolute atomic E-state index is 10.3. The minimum Gasteiger partial charge on any atom is -0.508 e. The van der Waals surface area contributed by atoms with Crippen molar-refractivity contribution in [2.45, 2.75) is 65.7 Å². The Morgan fingerprint density at radius 1 is 0.833 bits per heavy atom. The van der Waals surface area contributed by atoms with E-state index in [1.807, 2.05) is 26.8 Å². The molecule has 3 rings (SSSR count). The van der Waals surface area contributed by atoms with Gasteiger partial charge < -0.3 is 10.2 Å². The summed E-state index contributed by atoms with van der Waals surface area (Å²) in [7, 11) is 0. The van der Waals surface area contributed by atoms with Gasteiger partial charge in [-0.05, 0) is 84.5 Å². The van der Waals surface area contributed by atoms with Crippen molar-refractivity contribution in [3.05, 3.63) is 57.1 Å². The molecule has 1 atom stereocenters. The van der Waals surface area contributed by atoms with Gasteiger partial charge in [-0.25, -0.2) is 0 Å². The molecule has 2 nitrogen and oxygen atoms in total. The molecule has 0 aromatic heterocycles. The highest BCUT2D eigenvalue weighted by Gasteiger charge is 2.47. The van der Waals surface area contributed by atoms with Crippen molar-refractivity contribution in [3.63, 3.8) is 0 Å². The second kappa shape index (κ2) is 5.02. The lowest BCUT2D eigenvalue weighted by atomic mass is 9.73. The molecule has 0 fully saturated rings. The van der Waals surface area contributed by atoms with Gasteiger partial charge in [-0.3, -0.25) is 0 Å². The maximum atomic E-state index is 10.3. The number of aromatic hydroxyl groups is 2. The number of fused-ring (bicyclic) bond motifs is 1. The predicted molar refractivity (Wildman–Crippen MR) is 99.3 cm³/mol. The van der Waals surface area contributed by atoms with Gasteiger partial charge in [-0.15, -0.1) is 0 Å². The molecule has 0 radical (unpaired) electrons. The lowest BCUT2D eigenvalue weighted by Gasteiger charge is -2.30. The van der Waals surface area contributed by atoms with Gasteiger partial charge >= 0.3 is 0 Å². The molecule has 128 valence electrons.